The van der Waals surface area contributed by atoms with Crippen LogP contribution in [0.15, 0.2) is 54.7 Å². The fourth-order valence-electron chi connectivity index (χ4n) is 2.47. The zero-order valence-corrected chi connectivity index (χ0v) is 16.3. The molecule has 144 valence electrons. The van der Waals surface area contributed by atoms with Crippen molar-refractivity contribution >= 4 is 51.7 Å². The molecule has 3 aromatic rings. The maximum absolute atomic E-state index is 12.2. The third kappa shape index (κ3) is 4.91. The second-order valence-corrected chi connectivity index (χ2v) is 6.71. The van der Waals surface area contributed by atoms with E-state index in [1.165, 1.54) is 19.2 Å². The highest BCUT2D eigenvalue weighted by Crippen LogP contribution is 2.25. The van der Waals surface area contributed by atoms with Gasteiger partial charge < -0.3 is 14.8 Å². The first-order valence-corrected chi connectivity index (χ1v) is 9.11. The Morgan fingerprint density at radius 3 is 2.68 bits per heavy atom. The van der Waals surface area contributed by atoms with E-state index < -0.39 is 18.0 Å². The van der Waals surface area contributed by atoms with Crippen LogP contribution in [0.25, 0.3) is 10.8 Å². The molecule has 0 fully saturated rings. The summed E-state index contributed by atoms with van der Waals surface area (Å²) in [5.41, 5.74) is 0. The zero-order chi connectivity index (χ0) is 20.1. The molecule has 0 radical (unpaired) electrons. The Balaban J connectivity index is 1.55. The number of ether oxygens (including phenoxy) is 2. The molecule has 1 N–H and O–H groups in total. The first kappa shape index (κ1) is 19.9. The summed E-state index contributed by atoms with van der Waals surface area (Å²) < 4.78 is 10.7. The number of rotatable bonds is 6. The lowest BCUT2D eigenvalue weighted by molar-refractivity contribution is -0.155. The van der Waals surface area contributed by atoms with Gasteiger partial charge in [-0.1, -0.05) is 59.6 Å². The highest BCUT2D eigenvalue weighted by atomic mass is 35.5. The lowest BCUT2D eigenvalue weighted by Gasteiger charge is -2.14. The van der Waals surface area contributed by atoms with Gasteiger partial charge in [0, 0.05) is 11.6 Å². The molecule has 1 aromatic heterocycles. The smallest absolute Gasteiger partial charge is 0.344 e. The largest absolute Gasteiger partial charge is 0.481 e. The number of halogens is 2. The fraction of sp³-hybridized carbons (Fsp3) is 0.150. The number of carbonyl (C=O) groups excluding carboxylic acids is 2. The molecule has 0 saturated carbocycles. The molecule has 0 bridgehead atoms. The Kier molecular flexibility index (Phi) is 6.34. The van der Waals surface area contributed by atoms with Crippen molar-refractivity contribution in [3.63, 3.8) is 0 Å². The molecule has 1 atom stereocenters. The van der Waals surface area contributed by atoms with Crippen LogP contribution in [0.1, 0.15) is 6.92 Å². The van der Waals surface area contributed by atoms with Crippen molar-refractivity contribution in [2.45, 2.75) is 13.0 Å². The molecule has 6 nitrogen and oxygen atoms in total. The van der Waals surface area contributed by atoms with E-state index in [1.807, 2.05) is 36.4 Å². The van der Waals surface area contributed by atoms with E-state index in [0.717, 1.165) is 10.8 Å². The highest BCUT2D eigenvalue weighted by molar-refractivity contribution is 6.36. The number of hydrogen-bond acceptors (Lipinski definition) is 5. The summed E-state index contributed by atoms with van der Waals surface area (Å²) >= 11 is 11.7. The Hall–Kier alpha value is -2.83. The van der Waals surface area contributed by atoms with Crippen molar-refractivity contribution in [2.24, 2.45) is 0 Å². The minimum absolute atomic E-state index is 0.131. The summed E-state index contributed by atoms with van der Waals surface area (Å²) in [7, 11) is 0. The topological polar surface area (TPSA) is 77.5 Å². The molecule has 0 saturated heterocycles. The molecule has 0 aliphatic carbocycles. The van der Waals surface area contributed by atoms with Gasteiger partial charge in [0.05, 0.1) is 10.0 Å². The Labute approximate surface area is 171 Å². The third-order valence-electron chi connectivity index (χ3n) is 3.82. The predicted molar refractivity (Wildman–Crippen MR) is 108 cm³/mol. The summed E-state index contributed by atoms with van der Waals surface area (Å²) in [6, 6.07) is 14.6. The molecule has 1 amide bonds. The maximum atomic E-state index is 12.2. The van der Waals surface area contributed by atoms with Crippen LogP contribution in [0, 0.1) is 0 Å². The van der Waals surface area contributed by atoms with Gasteiger partial charge in [0.2, 0.25) is 0 Å². The SMILES string of the molecule is CC(OC(=O)COc1cccc2ccccc12)C(=O)Nc1ncc(Cl)cc1Cl. The van der Waals surface area contributed by atoms with Gasteiger partial charge in [0.25, 0.3) is 5.91 Å². The molecule has 0 aliphatic heterocycles. The second kappa shape index (κ2) is 8.91. The summed E-state index contributed by atoms with van der Waals surface area (Å²) in [6.45, 7) is 1.11. The van der Waals surface area contributed by atoms with Gasteiger partial charge in [-0.05, 0) is 24.4 Å². The predicted octanol–water partition coefficient (Wildman–Crippen LogP) is 4.49. The summed E-state index contributed by atoms with van der Waals surface area (Å²) in [5.74, 6) is -0.559. The van der Waals surface area contributed by atoms with Gasteiger partial charge in [0.15, 0.2) is 18.5 Å². The van der Waals surface area contributed by atoms with Crippen molar-refractivity contribution in [2.75, 3.05) is 11.9 Å². The van der Waals surface area contributed by atoms with Crippen LogP contribution < -0.4 is 10.1 Å². The van der Waals surface area contributed by atoms with E-state index in [9.17, 15) is 9.59 Å². The average Bonchev–Trinajstić information content (AvgIpc) is 2.68. The van der Waals surface area contributed by atoms with E-state index >= 15 is 0 Å². The lowest BCUT2D eigenvalue weighted by atomic mass is 10.1. The van der Waals surface area contributed by atoms with Gasteiger partial charge in [-0.15, -0.1) is 0 Å². The Morgan fingerprint density at radius 1 is 1.14 bits per heavy atom. The van der Waals surface area contributed by atoms with Crippen LogP contribution in [0.2, 0.25) is 10.0 Å². The standard InChI is InChI=1S/C20H16Cl2N2O4/c1-12(20(26)24-19-16(22)9-14(21)10-23-19)28-18(25)11-27-17-8-4-6-13-5-2-3-7-15(13)17/h2-10,12H,11H2,1H3,(H,23,24,26). The molecule has 3 rings (SSSR count). The van der Waals surface area contributed by atoms with Crippen LogP contribution in [0.3, 0.4) is 0 Å². The van der Waals surface area contributed by atoms with E-state index in [2.05, 4.69) is 10.3 Å². The lowest BCUT2D eigenvalue weighted by Crippen LogP contribution is -2.32. The fourth-order valence-corrected chi connectivity index (χ4v) is 2.90. The molecule has 0 spiro atoms. The Morgan fingerprint density at radius 2 is 1.89 bits per heavy atom. The van der Waals surface area contributed by atoms with Crippen LogP contribution in [-0.4, -0.2) is 29.6 Å². The van der Waals surface area contributed by atoms with Crippen molar-refractivity contribution < 1.29 is 19.1 Å². The van der Waals surface area contributed by atoms with Gasteiger partial charge in [-0.2, -0.15) is 0 Å². The average molecular weight is 419 g/mol. The molecule has 2 aromatic carbocycles. The Bertz CT molecular complexity index is 1020. The van der Waals surface area contributed by atoms with Crippen LogP contribution in [0.5, 0.6) is 5.75 Å². The number of benzene rings is 2. The number of carbonyl (C=O) groups is 2. The van der Waals surface area contributed by atoms with Crippen molar-refractivity contribution in [3.05, 3.63) is 64.8 Å². The van der Waals surface area contributed by atoms with Gasteiger partial charge in [-0.25, -0.2) is 9.78 Å². The van der Waals surface area contributed by atoms with Crippen LogP contribution in [0.4, 0.5) is 5.82 Å². The molecular formula is C20H16Cl2N2O4. The monoisotopic (exact) mass is 418 g/mol. The first-order chi connectivity index (χ1) is 13.4. The molecular weight excluding hydrogens is 403 g/mol. The number of pyridine rings is 1. The van der Waals surface area contributed by atoms with Crippen LogP contribution in [-0.2, 0) is 14.3 Å². The van der Waals surface area contributed by atoms with Crippen molar-refractivity contribution in [1.29, 1.82) is 0 Å². The minimum Gasteiger partial charge on any atom is -0.481 e. The summed E-state index contributed by atoms with van der Waals surface area (Å²) in [6.07, 6.45) is 0.287. The summed E-state index contributed by atoms with van der Waals surface area (Å²) in [4.78, 5) is 28.1. The molecule has 1 heterocycles. The number of anilines is 1. The third-order valence-corrected chi connectivity index (χ3v) is 4.32. The van der Waals surface area contributed by atoms with E-state index in [0.29, 0.717) is 10.8 Å². The number of hydrogen-bond donors (Lipinski definition) is 1. The molecule has 8 heteroatoms. The van der Waals surface area contributed by atoms with E-state index in [1.54, 1.807) is 6.07 Å². The molecule has 0 aliphatic rings. The minimum atomic E-state index is -1.06. The van der Waals surface area contributed by atoms with Crippen LogP contribution >= 0.6 is 23.2 Å². The van der Waals surface area contributed by atoms with E-state index in [4.69, 9.17) is 32.7 Å². The molecule has 1 unspecified atom stereocenters. The second-order valence-electron chi connectivity index (χ2n) is 5.87. The number of fused-ring (bicyclic) bond motifs is 1. The normalized spacial score (nSPS) is 11.7. The maximum Gasteiger partial charge on any atom is 0.344 e. The molecule has 28 heavy (non-hydrogen) atoms. The summed E-state index contributed by atoms with van der Waals surface area (Å²) in [5, 5.41) is 4.88. The van der Waals surface area contributed by atoms with Gasteiger partial charge in [-0.3, -0.25) is 4.79 Å². The number of aromatic nitrogens is 1. The first-order valence-electron chi connectivity index (χ1n) is 8.36. The van der Waals surface area contributed by atoms with E-state index in [-0.39, 0.29) is 17.4 Å². The quantitative estimate of drug-likeness (QED) is 0.596. The van der Waals surface area contributed by atoms with Gasteiger partial charge in [0.1, 0.15) is 5.75 Å². The highest BCUT2D eigenvalue weighted by Gasteiger charge is 2.20. The number of amides is 1. The van der Waals surface area contributed by atoms with Gasteiger partial charge >= 0.3 is 5.97 Å². The van der Waals surface area contributed by atoms with Crippen molar-refractivity contribution in [3.8, 4) is 5.75 Å². The van der Waals surface area contributed by atoms with Crippen molar-refractivity contribution in [1.82, 2.24) is 4.98 Å². The number of nitrogens with zero attached hydrogens (tertiary/aromatic N) is 1. The number of nitrogens with one attached hydrogen (secondary N) is 1. The number of esters is 1. The zero-order valence-electron chi connectivity index (χ0n) is 14.8.